The second-order valence-electron chi connectivity index (χ2n) is 3.21. The first-order valence-electron chi connectivity index (χ1n) is 4.81. The molecule has 1 heteroatoms. The fourth-order valence-corrected chi connectivity index (χ4v) is 1.19. The number of rotatable bonds is 5. The molecule has 1 unspecified atom stereocenters. The molecule has 0 fully saturated rings. The van der Waals surface area contributed by atoms with Gasteiger partial charge in [-0.3, -0.25) is 0 Å². The van der Waals surface area contributed by atoms with Crippen LogP contribution in [0.1, 0.15) is 25.3 Å². The molecule has 1 aromatic rings. The van der Waals surface area contributed by atoms with Crippen LogP contribution in [0, 0.1) is 6.92 Å². The van der Waals surface area contributed by atoms with Crippen LogP contribution in [0.25, 0.3) is 0 Å². The average molecular weight is 177 g/mol. The van der Waals surface area contributed by atoms with Gasteiger partial charge in [-0.25, -0.2) is 0 Å². The highest BCUT2D eigenvalue weighted by atomic mass is 16.5. The molecule has 1 rings (SSSR count). The first-order chi connectivity index (χ1) is 6.33. The smallest absolute Gasteiger partial charge is 0.0720 e. The highest BCUT2D eigenvalue weighted by molar-refractivity contribution is 5.13. The lowest BCUT2D eigenvalue weighted by Crippen LogP contribution is -2.07. The van der Waals surface area contributed by atoms with E-state index in [0.29, 0.717) is 6.61 Å². The van der Waals surface area contributed by atoms with E-state index in [1.807, 2.05) is 18.2 Å². The zero-order valence-corrected chi connectivity index (χ0v) is 8.20. The molecule has 13 heavy (non-hydrogen) atoms. The van der Waals surface area contributed by atoms with Gasteiger partial charge in [0.25, 0.3) is 0 Å². The molecule has 0 saturated heterocycles. The molecule has 0 amide bonds. The van der Waals surface area contributed by atoms with Crippen molar-refractivity contribution in [2.45, 2.75) is 32.5 Å². The molecule has 0 N–H and O–H groups in total. The molecule has 0 aromatic heterocycles. The summed E-state index contributed by atoms with van der Waals surface area (Å²) >= 11 is 0. The molecule has 71 valence electrons. The van der Waals surface area contributed by atoms with E-state index in [0.717, 1.165) is 12.8 Å². The number of ether oxygens (including phenoxy) is 1. The first-order valence-corrected chi connectivity index (χ1v) is 4.81. The molecule has 1 atom stereocenters. The monoisotopic (exact) mass is 177 g/mol. The Labute approximate surface area is 80.7 Å². The molecule has 0 aliphatic rings. The SMILES string of the molecule is [CH2]C(CCC)OCc1ccccc1. The summed E-state index contributed by atoms with van der Waals surface area (Å²) in [5.41, 5.74) is 1.22. The van der Waals surface area contributed by atoms with E-state index in [4.69, 9.17) is 4.74 Å². The zero-order valence-electron chi connectivity index (χ0n) is 8.20. The Morgan fingerprint density at radius 2 is 2.00 bits per heavy atom. The van der Waals surface area contributed by atoms with Crippen molar-refractivity contribution in [1.82, 2.24) is 0 Å². The van der Waals surface area contributed by atoms with Crippen molar-refractivity contribution in [3.8, 4) is 0 Å². The van der Waals surface area contributed by atoms with Crippen LogP contribution in [0.4, 0.5) is 0 Å². The van der Waals surface area contributed by atoms with Crippen molar-refractivity contribution >= 4 is 0 Å². The van der Waals surface area contributed by atoms with Crippen LogP contribution in [-0.2, 0) is 11.3 Å². The summed E-state index contributed by atoms with van der Waals surface area (Å²) in [7, 11) is 0. The standard InChI is InChI=1S/C12H17O/c1-3-7-11(2)13-10-12-8-5-4-6-9-12/h4-6,8-9,11H,2-3,7,10H2,1H3. The predicted molar refractivity (Wildman–Crippen MR) is 55.3 cm³/mol. The molecular weight excluding hydrogens is 160 g/mol. The van der Waals surface area contributed by atoms with E-state index in [2.05, 4.69) is 26.0 Å². The summed E-state index contributed by atoms with van der Waals surface area (Å²) in [5, 5.41) is 0. The molecular formula is C12H17O. The lowest BCUT2D eigenvalue weighted by Gasteiger charge is -2.11. The maximum Gasteiger partial charge on any atom is 0.0720 e. The third kappa shape index (κ3) is 4.09. The van der Waals surface area contributed by atoms with Gasteiger partial charge in [0.15, 0.2) is 0 Å². The highest BCUT2D eigenvalue weighted by Gasteiger charge is 2.00. The molecule has 0 aliphatic heterocycles. The summed E-state index contributed by atoms with van der Waals surface area (Å²) in [6.45, 7) is 6.74. The van der Waals surface area contributed by atoms with E-state index >= 15 is 0 Å². The quantitative estimate of drug-likeness (QED) is 0.671. The van der Waals surface area contributed by atoms with Gasteiger partial charge in [0.1, 0.15) is 0 Å². The van der Waals surface area contributed by atoms with Crippen LogP contribution in [0.2, 0.25) is 0 Å². The van der Waals surface area contributed by atoms with Gasteiger partial charge in [-0.2, -0.15) is 0 Å². The molecule has 0 bridgehead atoms. The van der Waals surface area contributed by atoms with E-state index in [-0.39, 0.29) is 6.10 Å². The Morgan fingerprint density at radius 1 is 1.31 bits per heavy atom. The number of benzene rings is 1. The van der Waals surface area contributed by atoms with Crippen LogP contribution < -0.4 is 0 Å². The summed E-state index contributed by atoms with van der Waals surface area (Å²) in [6.07, 6.45) is 2.29. The second kappa shape index (κ2) is 5.76. The van der Waals surface area contributed by atoms with Crippen LogP contribution in [0.15, 0.2) is 30.3 Å². The lowest BCUT2D eigenvalue weighted by molar-refractivity contribution is 0.0642. The minimum absolute atomic E-state index is 0.130. The van der Waals surface area contributed by atoms with Gasteiger partial charge in [0, 0.05) is 0 Å². The molecule has 0 spiro atoms. The predicted octanol–water partition coefficient (Wildman–Crippen LogP) is 3.21. The van der Waals surface area contributed by atoms with Crippen molar-refractivity contribution < 1.29 is 4.74 Å². The highest BCUT2D eigenvalue weighted by Crippen LogP contribution is 2.06. The Morgan fingerprint density at radius 3 is 2.62 bits per heavy atom. The van der Waals surface area contributed by atoms with E-state index in [1.165, 1.54) is 5.56 Å². The van der Waals surface area contributed by atoms with Gasteiger partial charge in [-0.1, -0.05) is 43.7 Å². The normalized spacial score (nSPS) is 12.8. The molecule has 0 saturated carbocycles. The minimum atomic E-state index is 0.130. The van der Waals surface area contributed by atoms with Crippen LogP contribution >= 0.6 is 0 Å². The Hall–Kier alpha value is -0.820. The first kappa shape index (κ1) is 10.3. The Balaban J connectivity index is 2.27. The molecule has 1 nitrogen and oxygen atoms in total. The minimum Gasteiger partial charge on any atom is -0.374 e. The van der Waals surface area contributed by atoms with Crippen LogP contribution in [0.5, 0.6) is 0 Å². The maximum atomic E-state index is 5.56. The largest absolute Gasteiger partial charge is 0.374 e. The van der Waals surface area contributed by atoms with Gasteiger partial charge in [0.2, 0.25) is 0 Å². The average Bonchev–Trinajstić information content (AvgIpc) is 2.17. The summed E-state index contributed by atoms with van der Waals surface area (Å²) < 4.78 is 5.56. The van der Waals surface area contributed by atoms with Gasteiger partial charge in [-0.05, 0) is 18.9 Å². The van der Waals surface area contributed by atoms with Crippen molar-refractivity contribution in [2.75, 3.05) is 0 Å². The van der Waals surface area contributed by atoms with E-state index in [1.54, 1.807) is 0 Å². The van der Waals surface area contributed by atoms with Gasteiger partial charge >= 0.3 is 0 Å². The van der Waals surface area contributed by atoms with E-state index < -0.39 is 0 Å². The third-order valence-corrected chi connectivity index (χ3v) is 1.94. The molecule has 0 aliphatic carbocycles. The van der Waals surface area contributed by atoms with E-state index in [9.17, 15) is 0 Å². The maximum absolute atomic E-state index is 5.56. The Kier molecular flexibility index (Phi) is 4.55. The van der Waals surface area contributed by atoms with Gasteiger partial charge in [-0.15, -0.1) is 0 Å². The summed E-state index contributed by atoms with van der Waals surface area (Å²) in [4.78, 5) is 0. The zero-order chi connectivity index (χ0) is 9.52. The third-order valence-electron chi connectivity index (χ3n) is 1.94. The topological polar surface area (TPSA) is 9.23 Å². The van der Waals surface area contributed by atoms with Crippen molar-refractivity contribution in [3.63, 3.8) is 0 Å². The fraction of sp³-hybridized carbons (Fsp3) is 0.417. The van der Waals surface area contributed by atoms with Crippen molar-refractivity contribution in [3.05, 3.63) is 42.8 Å². The second-order valence-corrected chi connectivity index (χ2v) is 3.21. The van der Waals surface area contributed by atoms with Crippen LogP contribution in [0.3, 0.4) is 0 Å². The molecule has 1 radical (unpaired) electrons. The molecule has 1 aromatic carbocycles. The van der Waals surface area contributed by atoms with Crippen molar-refractivity contribution in [2.24, 2.45) is 0 Å². The fourth-order valence-electron chi connectivity index (χ4n) is 1.19. The molecule has 0 heterocycles. The number of hydrogen-bond acceptors (Lipinski definition) is 1. The van der Waals surface area contributed by atoms with Crippen molar-refractivity contribution in [1.29, 1.82) is 0 Å². The lowest BCUT2D eigenvalue weighted by atomic mass is 10.2. The summed E-state index contributed by atoms with van der Waals surface area (Å²) in [6, 6.07) is 10.2. The summed E-state index contributed by atoms with van der Waals surface area (Å²) in [5.74, 6) is 0. The van der Waals surface area contributed by atoms with Gasteiger partial charge in [0.05, 0.1) is 12.7 Å². The van der Waals surface area contributed by atoms with Crippen LogP contribution in [-0.4, -0.2) is 6.10 Å². The van der Waals surface area contributed by atoms with Gasteiger partial charge < -0.3 is 4.74 Å². The number of hydrogen-bond donors (Lipinski definition) is 0. The Bertz CT molecular complexity index is 218.